The van der Waals surface area contributed by atoms with Crippen LogP contribution < -0.4 is 20.3 Å². The zero-order valence-corrected chi connectivity index (χ0v) is 25.4. The van der Waals surface area contributed by atoms with Crippen molar-refractivity contribution >= 4 is 40.2 Å². The minimum atomic E-state index is -0.260. The van der Waals surface area contributed by atoms with Crippen molar-refractivity contribution in [1.29, 1.82) is 0 Å². The summed E-state index contributed by atoms with van der Waals surface area (Å²) in [5.41, 5.74) is 1.89. The van der Waals surface area contributed by atoms with Crippen molar-refractivity contribution < 1.29 is 9.47 Å². The molecule has 1 saturated heterocycles. The molecule has 0 spiro atoms. The minimum absolute atomic E-state index is 0.230. The van der Waals surface area contributed by atoms with Crippen LogP contribution in [0.3, 0.4) is 0 Å². The number of allylic oxidation sites excluding steroid dienone is 1. The standard InChI is InChI=1S/C27H32Cl2N6O3.C2H6/c1-6-17(2)34-12-10-33(11-13-34)8-7-9-35-25-18(16-31-27(30-3)32-25)14-19(26(35)36)22-23(28)20(37-4)15-21(38-5)24(22)29;1-2/h6,14-16H,1-2,7-13H2,3-5H3,(H,30,31,32);1-2H3. The Bertz CT molecular complexity index is 1390. The molecule has 1 aliphatic rings. The summed E-state index contributed by atoms with van der Waals surface area (Å²) >= 11 is 13.3. The van der Waals surface area contributed by atoms with Crippen molar-refractivity contribution in [2.24, 2.45) is 0 Å². The lowest BCUT2D eigenvalue weighted by molar-refractivity contribution is 0.159. The maximum Gasteiger partial charge on any atom is 0.260 e. The molecule has 216 valence electrons. The summed E-state index contributed by atoms with van der Waals surface area (Å²) < 4.78 is 12.5. The number of anilines is 1. The number of nitrogens with zero attached hydrogens (tertiary/aromatic N) is 5. The molecule has 0 atom stereocenters. The molecule has 3 heterocycles. The summed E-state index contributed by atoms with van der Waals surface area (Å²) in [6, 6.07) is 3.31. The zero-order valence-electron chi connectivity index (χ0n) is 23.9. The van der Waals surface area contributed by atoms with Crippen LogP contribution in [0.25, 0.3) is 22.2 Å². The average molecular weight is 590 g/mol. The van der Waals surface area contributed by atoms with Crippen LogP contribution in [-0.4, -0.2) is 78.3 Å². The van der Waals surface area contributed by atoms with Crippen LogP contribution in [-0.2, 0) is 6.54 Å². The number of fused-ring (bicyclic) bond motifs is 1. The lowest BCUT2D eigenvalue weighted by Crippen LogP contribution is -2.45. The molecule has 2 aromatic heterocycles. The molecule has 0 bridgehead atoms. The number of hydrogen-bond acceptors (Lipinski definition) is 8. The second kappa shape index (κ2) is 14.4. The van der Waals surface area contributed by atoms with Crippen LogP contribution in [0, 0.1) is 0 Å². The fourth-order valence-corrected chi connectivity index (χ4v) is 5.33. The van der Waals surface area contributed by atoms with Gasteiger partial charge in [-0.3, -0.25) is 14.3 Å². The third-order valence-corrected chi connectivity index (χ3v) is 7.51. The van der Waals surface area contributed by atoms with Crippen molar-refractivity contribution in [3.63, 3.8) is 0 Å². The Hall–Kier alpha value is -3.27. The van der Waals surface area contributed by atoms with E-state index in [9.17, 15) is 4.79 Å². The number of nitrogens with one attached hydrogen (secondary N) is 1. The Labute approximate surface area is 246 Å². The van der Waals surface area contributed by atoms with Crippen molar-refractivity contribution in [2.75, 3.05) is 59.3 Å². The Morgan fingerprint density at radius 1 is 1.07 bits per heavy atom. The molecular weight excluding hydrogens is 551 g/mol. The summed E-state index contributed by atoms with van der Waals surface area (Å²) in [6.07, 6.45) is 4.22. The number of ether oxygens (including phenoxy) is 2. The Balaban J connectivity index is 0.00000216. The zero-order chi connectivity index (χ0) is 29.4. The highest BCUT2D eigenvalue weighted by atomic mass is 35.5. The average Bonchev–Trinajstić information content (AvgIpc) is 2.99. The van der Waals surface area contributed by atoms with Gasteiger partial charge in [-0.25, -0.2) is 4.98 Å². The summed E-state index contributed by atoms with van der Waals surface area (Å²) in [5.74, 6) is 1.14. The molecule has 4 rings (SSSR count). The van der Waals surface area contributed by atoms with Gasteiger partial charge >= 0.3 is 0 Å². The van der Waals surface area contributed by atoms with Gasteiger partial charge < -0.3 is 19.7 Å². The van der Waals surface area contributed by atoms with Gasteiger partial charge in [0.2, 0.25) is 5.95 Å². The quantitative estimate of drug-likeness (QED) is 0.308. The van der Waals surface area contributed by atoms with Crippen LogP contribution >= 0.6 is 23.2 Å². The first-order valence-electron chi connectivity index (χ1n) is 13.3. The molecule has 40 heavy (non-hydrogen) atoms. The van der Waals surface area contributed by atoms with E-state index in [4.69, 9.17) is 32.7 Å². The van der Waals surface area contributed by atoms with Crippen molar-refractivity contribution in [3.8, 4) is 22.6 Å². The van der Waals surface area contributed by atoms with Gasteiger partial charge in [0.1, 0.15) is 17.1 Å². The molecule has 1 aliphatic heterocycles. The van der Waals surface area contributed by atoms with Gasteiger partial charge in [-0.15, -0.1) is 0 Å². The molecule has 0 saturated carbocycles. The van der Waals surface area contributed by atoms with Gasteiger partial charge in [-0.2, -0.15) is 4.98 Å². The molecule has 1 N–H and O–H groups in total. The van der Waals surface area contributed by atoms with Gasteiger partial charge in [0.25, 0.3) is 5.56 Å². The van der Waals surface area contributed by atoms with Crippen LogP contribution in [0.15, 0.2) is 48.1 Å². The van der Waals surface area contributed by atoms with Gasteiger partial charge in [0, 0.05) is 68.7 Å². The second-order valence-electron chi connectivity index (χ2n) is 8.90. The van der Waals surface area contributed by atoms with Crippen molar-refractivity contribution in [2.45, 2.75) is 26.8 Å². The summed E-state index contributed by atoms with van der Waals surface area (Å²) in [5, 5.41) is 4.09. The number of aryl methyl sites for hydroxylation is 1. The molecule has 3 aromatic rings. The minimum Gasteiger partial charge on any atom is -0.495 e. The highest BCUT2D eigenvalue weighted by Crippen LogP contribution is 2.45. The predicted molar refractivity (Wildman–Crippen MR) is 165 cm³/mol. The number of benzene rings is 1. The fraction of sp³-hybridized carbons (Fsp3) is 0.414. The van der Waals surface area contributed by atoms with Gasteiger partial charge in [-0.1, -0.05) is 50.2 Å². The van der Waals surface area contributed by atoms with Crippen LogP contribution in [0.2, 0.25) is 10.0 Å². The third-order valence-electron chi connectivity index (χ3n) is 6.76. The lowest BCUT2D eigenvalue weighted by Gasteiger charge is -2.36. The first-order chi connectivity index (χ1) is 19.3. The maximum atomic E-state index is 14.0. The smallest absolute Gasteiger partial charge is 0.260 e. The first kappa shape index (κ1) is 31.3. The lowest BCUT2D eigenvalue weighted by atomic mass is 10.0. The highest BCUT2D eigenvalue weighted by Gasteiger charge is 2.23. The predicted octanol–water partition coefficient (Wildman–Crippen LogP) is 5.56. The largest absolute Gasteiger partial charge is 0.495 e. The number of halogens is 2. The van der Waals surface area contributed by atoms with E-state index >= 15 is 0 Å². The normalized spacial score (nSPS) is 13.4. The van der Waals surface area contributed by atoms with E-state index in [-0.39, 0.29) is 15.6 Å². The van der Waals surface area contributed by atoms with E-state index in [1.807, 2.05) is 13.8 Å². The van der Waals surface area contributed by atoms with E-state index in [1.54, 1.807) is 36.0 Å². The van der Waals surface area contributed by atoms with Crippen LogP contribution in [0.5, 0.6) is 11.5 Å². The number of methoxy groups -OCH3 is 2. The molecule has 0 amide bonds. The molecule has 1 aromatic carbocycles. The molecular formula is C29H38Cl2N6O3. The number of piperazine rings is 1. The Morgan fingerprint density at radius 3 is 2.25 bits per heavy atom. The molecule has 1 fully saturated rings. The number of pyridine rings is 1. The maximum absolute atomic E-state index is 14.0. The second-order valence-corrected chi connectivity index (χ2v) is 9.66. The van der Waals surface area contributed by atoms with Gasteiger partial charge in [0.15, 0.2) is 0 Å². The third kappa shape index (κ3) is 6.54. The van der Waals surface area contributed by atoms with Gasteiger partial charge in [0.05, 0.1) is 29.8 Å². The van der Waals surface area contributed by atoms with E-state index in [2.05, 4.69) is 38.2 Å². The fourth-order valence-electron chi connectivity index (χ4n) is 4.63. The molecule has 11 heteroatoms. The first-order valence-corrected chi connectivity index (χ1v) is 14.1. The van der Waals surface area contributed by atoms with Crippen molar-refractivity contribution in [3.05, 3.63) is 63.7 Å². The SMILES string of the molecule is C=CC(=C)N1CCN(CCCn2c(=O)c(-c3c(Cl)c(OC)cc(OC)c3Cl)cc3cnc(NC)nc32)CC1.CC. The molecule has 9 nitrogen and oxygen atoms in total. The molecule has 0 radical (unpaired) electrons. The van der Waals surface area contributed by atoms with Crippen LogP contribution in [0.1, 0.15) is 20.3 Å². The molecule has 0 aliphatic carbocycles. The van der Waals surface area contributed by atoms with Crippen molar-refractivity contribution in [1.82, 2.24) is 24.3 Å². The summed E-state index contributed by atoms with van der Waals surface area (Å²) in [6.45, 7) is 16.8. The Kier molecular flexibility index (Phi) is 11.2. The van der Waals surface area contributed by atoms with E-state index in [0.717, 1.165) is 44.8 Å². The number of hydrogen-bond donors (Lipinski definition) is 1. The highest BCUT2D eigenvalue weighted by molar-refractivity contribution is 6.41. The van der Waals surface area contributed by atoms with E-state index in [1.165, 1.54) is 14.2 Å². The topological polar surface area (TPSA) is 84.8 Å². The number of aromatic nitrogens is 3. The van der Waals surface area contributed by atoms with Gasteiger partial charge in [-0.05, 0) is 25.1 Å². The van der Waals surface area contributed by atoms with Crippen LogP contribution in [0.4, 0.5) is 5.95 Å². The Morgan fingerprint density at radius 2 is 1.70 bits per heavy atom. The number of rotatable bonds is 10. The van der Waals surface area contributed by atoms with E-state index in [0.29, 0.717) is 46.2 Å². The monoisotopic (exact) mass is 588 g/mol. The summed E-state index contributed by atoms with van der Waals surface area (Å²) in [7, 11) is 4.73. The summed E-state index contributed by atoms with van der Waals surface area (Å²) in [4.78, 5) is 27.5. The van der Waals surface area contributed by atoms with E-state index < -0.39 is 0 Å². The molecule has 0 unspecified atom stereocenters.